The standard InChI is InChI=1S/C17H16FN5O2/c1-11(21-17(24)20-10-14-4-2-3-9-19-14)16-22-15(23-25-16)12-5-7-13(18)8-6-12/h2-9,11H,10H2,1H3,(H2,20,21,24). The van der Waals surface area contributed by atoms with Crippen LogP contribution in [0.4, 0.5) is 9.18 Å². The Labute approximate surface area is 143 Å². The number of hydrogen-bond acceptors (Lipinski definition) is 5. The van der Waals surface area contributed by atoms with Crippen LogP contribution in [0.2, 0.25) is 0 Å². The van der Waals surface area contributed by atoms with Gasteiger partial charge in [0, 0.05) is 11.8 Å². The maximum Gasteiger partial charge on any atom is 0.315 e. The highest BCUT2D eigenvalue weighted by molar-refractivity contribution is 5.74. The molecule has 2 heterocycles. The molecule has 2 amide bonds. The molecule has 8 heteroatoms. The summed E-state index contributed by atoms with van der Waals surface area (Å²) < 4.78 is 18.1. The number of pyridine rings is 1. The second-order valence-electron chi connectivity index (χ2n) is 5.33. The number of amides is 2. The van der Waals surface area contributed by atoms with Crippen molar-refractivity contribution in [1.82, 2.24) is 25.8 Å². The molecule has 0 saturated heterocycles. The van der Waals surface area contributed by atoms with Gasteiger partial charge in [0.2, 0.25) is 11.7 Å². The monoisotopic (exact) mass is 341 g/mol. The average Bonchev–Trinajstić information content (AvgIpc) is 3.12. The largest absolute Gasteiger partial charge is 0.337 e. The van der Waals surface area contributed by atoms with E-state index >= 15 is 0 Å². The second-order valence-corrected chi connectivity index (χ2v) is 5.33. The summed E-state index contributed by atoms with van der Waals surface area (Å²) in [6.45, 7) is 2.03. The van der Waals surface area contributed by atoms with E-state index in [9.17, 15) is 9.18 Å². The Kier molecular flexibility index (Phi) is 4.98. The molecule has 0 aliphatic carbocycles. The molecule has 0 aliphatic rings. The van der Waals surface area contributed by atoms with Crippen LogP contribution < -0.4 is 10.6 Å². The minimum absolute atomic E-state index is 0.257. The summed E-state index contributed by atoms with van der Waals surface area (Å²) in [5.41, 5.74) is 1.38. The lowest BCUT2D eigenvalue weighted by Crippen LogP contribution is -2.36. The molecule has 3 rings (SSSR count). The summed E-state index contributed by atoms with van der Waals surface area (Å²) >= 11 is 0. The molecule has 1 unspecified atom stereocenters. The maximum atomic E-state index is 13.0. The number of hydrogen-bond donors (Lipinski definition) is 2. The Morgan fingerprint density at radius 1 is 1.24 bits per heavy atom. The van der Waals surface area contributed by atoms with E-state index in [0.717, 1.165) is 5.69 Å². The van der Waals surface area contributed by atoms with E-state index < -0.39 is 6.04 Å². The van der Waals surface area contributed by atoms with E-state index in [-0.39, 0.29) is 17.7 Å². The van der Waals surface area contributed by atoms with Crippen molar-refractivity contribution >= 4 is 6.03 Å². The number of nitrogens with one attached hydrogen (secondary N) is 2. The summed E-state index contributed by atoms with van der Waals surface area (Å²) in [6, 6.07) is 10.4. The van der Waals surface area contributed by atoms with E-state index in [4.69, 9.17) is 4.52 Å². The lowest BCUT2D eigenvalue weighted by molar-refractivity contribution is 0.233. The molecule has 0 bridgehead atoms. The maximum absolute atomic E-state index is 13.0. The second kappa shape index (κ2) is 7.52. The van der Waals surface area contributed by atoms with Gasteiger partial charge in [-0.1, -0.05) is 11.2 Å². The zero-order valence-electron chi connectivity index (χ0n) is 13.4. The molecule has 0 radical (unpaired) electrons. The van der Waals surface area contributed by atoms with E-state index in [2.05, 4.69) is 25.8 Å². The molecular weight excluding hydrogens is 325 g/mol. The Hall–Kier alpha value is -3.29. The minimum Gasteiger partial charge on any atom is -0.337 e. The van der Waals surface area contributed by atoms with Gasteiger partial charge in [0.1, 0.15) is 11.9 Å². The van der Waals surface area contributed by atoms with Crippen molar-refractivity contribution in [3.05, 3.63) is 66.1 Å². The minimum atomic E-state index is -0.481. The summed E-state index contributed by atoms with van der Waals surface area (Å²) in [5.74, 6) is 0.247. The fraction of sp³-hybridized carbons (Fsp3) is 0.176. The van der Waals surface area contributed by atoms with Crippen LogP contribution in [0, 0.1) is 5.82 Å². The molecular formula is C17H16FN5O2. The highest BCUT2D eigenvalue weighted by atomic mass is 19.1. The molecule has 1 atom stereocenters. The molecule has 128 valence electrons. The van der Waals surface area contributed by atoms with Gasteiger partial charge in [0.15, 0.2) is 0 Å². The zero-order valence-corrected chi connectivity index (χ0v) is 13.4. The normalized spacial score (nSPS) is 11.8. The Balaban J connectivity index is 1.57. The molecule has 1 aromatic carbocycles. The Bertz CT molecular complexity index is 836. The number of carbonyl (C=O) groups is 1. The summed E-state index contributed by atoms with van der Waals surface area (Å²) in [4.78, 5) is 20.3. The third-order valence-corrected chi connectivity index (χ3v) is 3.42. The fourth-order valence-corrected chi connectivity index (χ4v) is 2.11. The molecule has 3 aromatic rings. The third kappa shape index (κ3) is 4.37. The van der Waals surface area contributed by atoms with Gasteiger partial charge in [-0.15, -0.1) is 0 Å². The quantitative estimate of drug-likeness (QED) is 0.744. The van der Waals surface area contributed by atoms with Gasteiger partial charge in [0.25, 0.3) is 0 Å². The van der Waals surface area contributed by atoms with Gasteiger partial charge in [-0.05, 0) is 43.3 Å². The SMILES string of the molecule is CC(NC(=O)NCc1ccccn1)c1nc(-c2ccc(F)cc2)no1. The van der Waals surface area contributed by atoms with Crippen molar-refractivity contribution in [2.75, 3.05) is 0 Å². The number of benzene rings is 1. The molecule has 0 aliphatic heterocycles. The van der Waals surface area contributed by atoms with Crippen molar-refractivity contribution in [3.63, 3.8) is 0 Å². The van der Waals surface area contributed by atoms with Gasteiger partial charge in [-0.2, -0.15) is 4.98 Å². The first-order chi connectivity index (χ1) is 12.1. The molecule has 0 fully saturated rings. The van der Waals surface area contributed by atoms with Gasteiger partial charge in [-0.3, -0.25) is 4.98 Å². The van der Waals surface area contributed by atoms with E-state index in [1.807, 2.05) is 12.1 Å². The molecule has 7 nitrogen and oxygen atoms in total. The Morgan fingerprint density at radius 2 is 2.04 bits per heavy atom. The number of urea groups is 1. The molecule has 0 spiro atoms. The van der Waals surface area contributed by atoms with E-state index in [0.29, 0.717) is 17.9 Å². The summed E-state index contributed by atoms with van der Waals surface area (Å²) in [6.07, 6.45) is 1.66. The van der Waals surface area contributed by atoms with Crippen molar-refractivity contribution in [2.45, 2.75) is 19.5 Å². The van der Waals surface area contributed by atoms with Gasteiger partial charge in [-0.25, -0.2) is 9.18 Å². The lowest BCUT2D eigenvalue weighted by Gasteiger charge is -2.10. The zero-order chi connectivity index (χ0) is 17.6. The van der Waals surface area contributed by atoms with E-state index in [1.165, 1.54) is 12.1 Å². The number of aromatic nitrogens is 3. The van der Waals surface area contributed by atoms with Gasteiger partial charge < -0.3 is 15.2 Å². The third-order valence-electron chi connectivity index (χ3n) is 3.42. The number of nitrogens with zero attached hydrogens (tertiary/aromatic N) is 3. The van der Waals surface area contributed by atoms with E-state index in [1.54, 1.807) is 31.3 Å². The van der Waals surface area contributed by atoms with Crippen LogP contribution in [0.3, 0.4) is 0 Å². The van der Waals surface area contributed by atoms with Crippen molar-refractivity contribution in [3.8, 4) is 11.4 Å². The summed E-state index contributed by atoms with van der Waals surface area (Å²) in [7, 11) is 0. The fourth-order valence-electron chi connectivity index (χ4n) is 2.11. The lowest BCUT2D eigenvalue weighted by atomic mass is 10.2. The van der Waals surface area contributed by atoms with Crippen molar-refractivity contribution in [1.29, 1.82) is 0 Å². The smallest absolute Gasteiger partial charge is 0.315 e. The van der Waals surface area contributed by atoms with Crippen molar-refractivity contribution < 1.29 is 13.7 Å². The number of carbonyl (C=O) groups excluding carboxylic acids is 1. The molecule has 2 aromatic heterocycles. The van der Waals surface area contributed by atoms with Crippen LogP contribution >= 0.6 is 0 Å². The first kappa shape index (κ1) is 16.6. The van der Waals surface area contributed by atoms with Crippen LogP contribution in [-0.4, -0.2) is 21.2 Å². The first-order valence-electron chi connectivity index (χ1n) is 7.65. The molecule has 0 saturated carbocycles. The summed E-state index contributed by atoms with van der Waals surface area (Å²) in [5, 5.41) is 9.25. The van der Waals surface area contributed by atoms with Crippen molar-refractivity contribution in [2.24, 2.45) is 0 Å². The number of halogens is 1. The van der Waals surface area contributed by atoms with Crippen LogP contribution in [0.5, 0.6) is 0 Å². The highest BCUT2D eigenvalue weighted by Crippen LogP contribution is 2.18. The number of rotatable bonds is 5. The highest BCUT2D eigenvalue weighted by Gasteiger charge is 2.17. The van der Waals surface area contributed by atoms with Crippen LogP contribution in [0.15, 0.2) is 53.2 Å². The Morgan fingerprint density at radius 3 is 2.76 bits per heavy atom. The van der Waals surface area contributed by atoms with Crippen LogP contribution in [0.1, 0.15) is 24.6 Å². The van der Waals surface area contributed by atoms with Crippen LogP contribution in [0.25, 0.3) is 11.4 Å². The average molecular weight is 341 g/mol. The molecule has 2 N–H and O–H groups in total. The first-order valence-corrected chi connectivity index (χ1v) is 7.65. The topological polar surface area (TPSA) is 92.9 Å². The molecule has 25 heavy (non-hydrogen) atoms. The predicted molar refractivity (Wildman–Crippen MR) is 87.7 cm³/mol. The van der Waals surface area contributed by atoms with Crippen LogP contribution in [-0.2, 0) is 6.54 Å². The van der Waals surface area contributed by atoms with Gasteiger partial charge in [0.05, 0.1) is 12.2 Å². The predicted octanol–water partition coefficient (Wildman–Crippen LogP) is 2.83. The van der Waals surface area contributed by atoms with Gasteiger partial charge >= 0.3 is 6.03 Å².